The highest BCUT2D eigenvalue weighted by atomic mass is 17.4. The normalized spacial score (nSPS) is 14.1. The summed E-state index contributed by atoms with van der Waals surface area (Å²) in [6.07, 6.45) is 21.1. The molecule has 5 nitrogen and oxygen atoms in total. The lowest BCUT2D eigenvalue weighted by atomic mass is 9.95. The summed E-state index contributed by atoms with van der Waals surface area (Å²) >= 11 is 0. The third-order valence-corrected chi connectivity index (χ3v) is 4.89. The van der Waals surface area contributed by atoms with E-state index in [1.54, 1.807) is 0 Å². The van der Waals surface area contributed by atoms with E-state index in [0.29, 0.717) is 6.42 Å². The second kappa shape index (κ2) is 18.1. The van der Waals surface area contributed by atoms with Gasteiger partial charge in [-0.15, -0.1) is 0 Å². The minimum atomic E-state index is -0.664. The van der Waals surface area contributed by atoms with Crippen molar-refractivity contribution in [1.82, 2.24) is 0 Å². The Morgan fingerprint density at radius 3 is 1.71 bits per heavy atom. The maximum Gasteiger partial charge on any atom is 0.303 e. The molecule has 2 N–H and O–H groups in total. The van der Waals surface area contributed by atoms with Gasteiger partial charge in [-0.2, -0.15) is 9.78 Å². The Balaban J connectivity index is 0.000000749. The van der Waals surface area contributed by atoms with Gasteiger partial charge in [-0.1, -0.05) is 84.3 Å². The number of carboxylic acid groups (broad SMARTS) is 1. The van der Waals surface area contributed by atoms with Crippen molar-refractivity contribution >= 4 is 5.97 Å². The molecule has 0 bridgehead atoms. The lowest BCUT2D eigenvalue weighted by Crippen LogP contribution is -2.23. The number of aliphatic hydroxyl groups is 1. The van der Waals surface area contributed by atoms with Crippen LogP contribution in [0, 0.1) is 5.41 Å². The largest absolute Gasteiger partial charge is 0.481 e. The van der Waals surface area contributed by atoms with Crippen LogP contribution in [0.15, 0.2) is 12.2 Å². The average molecular weight is 401 g/mol. The second-order valence-electron chi connectivity index (χ2n) is 8.40. The predicted octanol–water partition coefficient (Wildman–Crippen LogP) is 6.40. The van der Waals surface area contributed by atoms with Crippen LogP contribution in [0.5, 0.6) is 0 Å². The molecule has 0 aromatic carbocycles. The Labute approximate surface area is 172 Å². The van der Waals surface area contributed by atoms with Gasteiger partial charge in [0.25, 0.3) is 0 Å². The van der Waals surface area contributed by atoms with Crippen LogP contribution in [0.25, 0.3) is 0 Å². The third-order valence-electron chi connectivity index (χ3n) is 4.89. The van der Waals surface area contributed by atoms with E-state index in [2.05, 4.69) is 28.9 Å². The summed E-state index contributed by atoms with van der Waals surface area (Å²) in [6.45, 7) is 6.11. The molecule has 1 aliphatic heterocycles. The summed E-state index contributed by atoms with van der Waals surface area (Å²) in [5, 5.41) is 17.2. The Kier molecular flexibility index (Phi) is 17.6. The molecule has 1 aliphatic rings. The van der Waals surface area contributed by atoms with Crippen molar-refractivity contribution in [1.29, 1.82) is 0 Å². The first-order valence-corrected chi connectivity index (χ1v) is 11.2. The molecular formula is C23H44O5. The molecule has 0 spiro atoms. The highest BCUT2D eigenvalue weighted by Crippen LogP contribution is 2.32. The Bertz CT molecular complexity index is 388. The van der Waals surface area contributed by atoms with Crippen molar-refractivity contribution < 1.29 is 24.8 Å². The van der Waals surface area contributed by atoms with Crippen molar-refractivity contribution in [2.45, 2.75) is 117 Å². The molecule has 0 saturated carbocycles. The fourth-order valence-electron chi connectivity index (χ4n) is 2.71. The molecule has 1 rings (SSSR count). The topological polar surface area (TPSA) is 82.6 Å². The summed E-state index contributed by atoms with van der Waals surface area (Å²) in [5.41, 5.74) is -0.236. The van der Waals surface area contributed by atoms with Crippen molar-refractivity contribution in [2.75, 3.05) is 6.61 Å². The number of hydrogen-bond donors (Lipinski definition) is 2. The van der Waals surface area contributed by atoms with E-state index < -0.39 is 5.97 Å². The zero-order valence-electron chi connectivity index (χ0n) is 18.5. The molecule has 1 saturated heterocycles. The zero-order valence-corrected chi connectivity index (χ0v) is 18.5. The maximum absolute atomic E-state index is 10.3. The molecule has 28 heavy (non-hydrogen) atoms. The summed E-state index contributed by atoms with van der Waals surface area (Å²) in [5.74, 6) is -0.664. The lowest BCUT2D eigenvalue weighted by molar-refractivity contribution is -0.137. The molecule has 1 heterocycles. The zero-order chi connectivity index (χ0) is 21.1. The molecule has 0 atom stereocenters. The number of hydrogen-bond acceptors (Lipinski definition) is 4. The van der Waals surface area contributed by atoms with Gasteiger partial charge in [-0.3, -0.25) is 4.79 Å². The minimum Gasteiger partial charge on any atom is -0.481 e. The molecule has 0 radical (unpaired) electrons. The van der Waals surface area contributed by atoms with E-state index in [9.17, 15) is 4.79 Å². The van der Waals surface area contributed by atoms with Crippen LogP contribution >= 0.6 is 0 Å². The fourth-order valence-corrected chi connectivity index (χ4v) is 2.71. The molecule has 0 aromatic heterocycles. The minimum absolute atomic E-state index is 0.0949. The van der Waals surface area contributed by atoms with Crippen LogP contribution in [-0.4, -0.2) is 29.1 Å². The molecule has 166 valence electrons. The number of allylic oxidation sites excluding steroid dienone is 2. The van der Waals surface area contributed by atoms with Gasteiger partial charge in [0, 0.05) is 11.8 Å². The number of unbranched alkanes of at least 4 members (excludes halogenated alkanes) is 11. The lowest BCUT2D eigenvalue weighted by Gasteiger charge is -2.13. The van der Waals surface area contributed by atoms with Gasteiger partial charge in [0.05, 0.1) is 6.61 Å². The summed E-state index contributed by atoms with van der Waals surface area (Å²) < 4.78 is 0. The van der Waals surface area contributed by atoms with E-state index in [0.717, 1.165) is 12.8 Å². The highest BCUT2D eigenvalue weighted by Gasteiger charge is 2.42. The van der Waals surface area contributed by atoms with Crippen LogP contribution in [0.1, 0.15) is 111 Å². The number of carbonyl (C=O) groups is 1. The van der Waals surface area contributed by atoms with Gasteiger partial charge in [0.2, 0.25) is 6.29 Å². The molecule has 5 heteroatoms. The third kappa shape index (κ3) is 18.5. The van der Waals surface area contributed by atoms with E-state index in [1.165, 1.54) is 70.6 Å². The van der Waals surface area contributed by atoms with Crippen molar-refractivity contribution in [3.63, 3.8) is 0 Å². The van der Waals surface area contributed by atoms with Gasteiger partial charge in [-0.05, 0) is 32.1 Å². The van der Waals surface area contributed by atoms with Crippen LogP contribution < -0.4 is 0 Å². The van der Waals surface area contributed by atoms with Gasteiger partial charge in [0.1, 0.15) is 0 Å². The molecule has 0 unspecified atom stereocenters. The second-order valence-corrected chi connectivity index (χ2v) is 8.40. The van der Waals surface area contributed by atoms with Crippen LogP contribution in [0.3, 0.4) is 0 Å². The summed E-state index contributed by atoms with van der Waals surface area (Å²) in [6, 6.07) is 0. The number of aliphatic carboxylic acids is 1. The van der Waals surface area contributed by atoms with E-state index >= 15 is 0 Å². The average Bonchev–Trinajstić information content (AvgIpc) is 3.51. The molecule has 0 aliphatic carbocycles. The maximum atomic E-state index is 10.3. The van der Waals surface area contributed by atoms with Gasteiger partial charge >= 0.3 is 5.97 Å². The summed E-state index contributed by atoms with van der Waals surface area (Å²) in [4.78, 5) is 19.3. The first-order valence-electron chi connectivity index (χ1n) is 11.2. The smallest absolute Gasteiger partial charge is 0.303 e. The molecule has 0 amide bonds. The van der Waals surface area contributed by atoms with E-state index in [4.69, 9.17) is 10.2 Å². The van der Waals surface area contributed by atoms with Crippen molar-refractivity contribution in [3.8, 4) is 0 Å². The van der Waals surface area contributed by atoms with Gasteiger partial charge in [0.15, 0.2) is 0 Å². The number of carboxylic acids is 1. The van der Waals surface area contributed by atoms with Gasteiger partial charge in [-0.25, -0.2) is 0 Å². The first kappa shape index (κ1) is 27.1. The van der Waals surface area contributed by atoms with Crippen molar-refractivity contribution in [2.24, 2.45) is 5.41 Å². The van der Waals surface area contributed by atoms with Gasteiger partial charge < -0.3 is 10.2 Å². The first-order chi connectivity index (χ1) is 13.4. The SMILES string of the molecule is CC(C)(CO)C1OO1.CCCCCCCC/C=C\CCCCCCCC(=O)O. The molecular weight excluding hydrogens is 356 g/mol. The predicted molar refractivity (Wildman–Crippen MR) is 114 cm³/mol. The highest BCUT2D eigenvalue weighted by molar-refractivity contribution is 5.66. The quantitative estimate of drug-likeness (QED) is 0.128. The van der Waals surface area contributed by atoms with Crippen LogP contribution in [0.4, 0.5) is 0 Å². The molecule has 0 aromatic rings. The number of aliphatic hydroxyl groups excluding tert-OH is 1. The monoisotopic (exact) mass is 400 g/mol. The fraction of sp³-hybridized carbons (Fsp3) is 0.870. The summed E-state index contributed by atoms with van der Waals surface area (Å²) in [7, 11) is 0. The Morgan fingerprint density at radius 2 is 1.32 bits per heavy atom. The van der Waals surface area contributed by atoms with Crippen molar-refractivity contribution in [3.05, 3.63) is 12.2 Å². The Morgan fingerprint density at radius 1 is 0.857 bits per heavy atom. The standard InChI is InChI=1S/C18H34O2.C5H10O3/c1-2-3-4-5-6-7-8-9-10-11-12-13-14-15-16-17-18(19)20;1-5(2,3-6)4-7-8-4/h9-10H,2-8,11-17H2,1H3,(H,19,20);4,6H,3H2,1-2H3/b10-9-;. The van der Waals surface area contributed by atoms with E-state index in [-0.39, 0.29) is 18.3 Å². The van der Waals surface area contributed by atoms with E-state index in [1.807, 2.05) is 13.8 Å². The Hall–Kier alpha value is -0.910. The van der Waals surface area contributed by atoms with Crippen LogP contribution in [-0.2, 0) is 14.6 Å². The number of rotatable bonds is 17. The van der Waals surface area contributed by atoms with Crippen LogP contribution in [0.2, 0.25) is 0 Å². The molecule has 1 fully saturated rings.